The summed E-state index contributed by atoms with van der Waals surface area (Å²) in [7, 11) is 0. The van der Waals surface area contributed by atoms with Gasteiger partial charge in [0.15, 0.2) is 5.65 Å². The van der Waals surface area contributed by atoms with Crippen LogP contribution in [0.1, 0.15) is 57.3 Å². The lowest BCUT2D eigenvalue weighted by Gasteiger charge is -2.29. The molecule has 1 saturated carbocycles. The van der Waals surface area contributed by atoms with Gasteiger partial charge in [-0.3, -0.25) is 4.40 Å². The van der Waals surface area contributed by atoms with Gasteiger partial charge in [0.1, 0.15) is 5.82 Å². The van der Waals surface area contributed by atoms with Gasteiger partial charge in [0.05, 0.1) is 11.6 Å². The SMILES string of the molecule is CC(C)CC1(c2nnc3cc(C#N)ccn23)CCCC1. The Morgan fingerprint density at radius 3 is 2.75 bits per heavy atom. The van der Waals surface area contributed by atoms with Gasteiger partial charge >= 0.3 is 0 Å². The topological polar surface area (TPSA) is 54.0 Å². The van der Waals surface area contributed by atoms with E-state index in [4.69, 9.17) is 5.26 Å². The molecule has 0 radical (unpaired) electrons. The first-order valence-corrected chi connectivity index (χ1v) is 7.40. The first kappa shape index (κ1) is 13.1. The van der Waals surface area contributed by atoms with E-state index in [2.05, 4.69) is 34.5 Å². The Balaban J connectivity index is 2.10. The van der Waals surface area contributed by atoms with Gasteiger partial charge in [0.2, 0.25) is 0 Å². The van der Waals surface area contributed by atoms with Crippen LogP contribution in [0.4, 0.5) is 0 Å². The van der Waals surface area contributed by atoms with Crippen LogP contribution in [-0.4, -0.2) is 14.6 Å². The van der Waals surface area contributed by atoms with Gasteiger partial charge in [-0.25, -0.2) is 0 Å². The van der Waals surface area contributed by atoms with Crippen molar-refractivity contribution < 1.29 is 0 Å². The Hall–Kier alpha value is -1.89. The Labute approximate surface area is 119 Å². The average molecular weight is 268 g/mol. The molecule has 104 valence electrons. The third kappa shape index (κ3) is 2.07. The Kier molecular flexibility index (Phi) is 3.21. The van der Waals surface area contributed by atoms with E-state index < -0.39 is 0 Å². The molecule has 0 aliphatic heterocycles. The molecule has 1 fully saturated rings. The second kappa shape index (κ2) is 4.90. The van der Waals surface area contributed by atoms with Crippen molar-refractivity contribution in [2.45, 2.75) is 51.4 Å². The average Bonchev–Trinajstić information content (AvgIpc) is 3.04. The van der Waals surface area contributed by atoms with E-state index in [1.807, 2.05) is 18.3 Å². The third-order valence-electron chi connectivity index (χ3n) is 4.37. The van der Waals surface area contributed by atoms with E-state index in [1.54, 1.807) is 0 Å². The summed E-state index contributed by atoms with van der Waals surface area (Å²) >= 11 is 0. The molecule has 20 heavy (non-hydrogen) atoms. The third-order valence-corrected chi connectivity index (χ3v) is 4.37. The Morgan fingerprint density at radius 1 is 1.35 bits per heavy atom. The Bertz CT molecular complexity index is 657. The molecule has 2 heterocycles. The molecule has 0 saturated heterocycles. The fourth-order valence-electron chi connectivity index (χ4n) is 3.67. The highest BCUT2D eigenvalue weighted by atomic mass is 15.3. The predicted molar refractivity (Wildman–Crippen MR) is 77.3 cm³/mol. The maximum absolute atomic E-state index is 8.98. The largest absolute Gasteiger partial charge is 0.286 e. The van der Waals surface area contributed by atoms with Gasteiger partial charge in [-0.05, 0) is 31.2 Å². The molecule has 4 nitrogen and oxygen atoms in total. The minimum Gasteiger partial charge on any atom is -0.286 e. The highest BCUT2D eigenvalue weighted by Gasteiger charge is 2.39. The number of hydrogen-bond acceptors (Lipinski definition) is 3. The molecule has 2 aromatic rings. The number of rotatable bonds is 3. The van der Waals surface area contributed by atoms with Gasteiger partial charge in [-0.2, -0.15) is 5.26 Å². The molecule has 1 aliphatic rings. The van der Waals surface area contributed by atoms with Crippen LogP contribution in [0.15, 0.2) is 18.3 Å². The summed E-state index contributed by atoms with van der Waals surface area (Å²) in [6.45, 7) is 4.55. The van der Waals surface area contributed by atoms with E-state index in [-0.39, 0.29) is 5.41 Å². The standard InChI is InChI=1S/C16H20N4/c1-12(2)10-16(6-3-4-7-16)15-19-18-14-9-13(11-17)5-8-20(14)15/h5,8-9,12H,3-4,6-7,10H2,1-2H3. The molecule has 0 unspecified atom stereocenters. The van der Waals surface area contributed by atoms with E-state index in [9.17, 15) is 0 Å². The first-order chi connectivity index (χ1) is 9.64. The summed E-state index contributed by atoms with van der Waals surface area (Å²) in [5, 5.41) is 17.7. The van der Waals surface area contributed by atoms with Crippen LogP contribution >= 0.6 is 0 Å². The van der Waals surface area contributed by atoms with E-state index in [0.29, 0.717) is 11.5 Å². The maximum Gasteiger partial charge on any atom is 0.162 e. The molecule has 0 bridgehead atoms. The van der Waals surface area contributed by atoms with Crippen molar-refractivity contribution in [2.75, 3.05) is 0 Å². The summed E-state index contributed by atoms with van der Waals surface area (Å²) < 4.78 is 2.08. The Morgan fingerprint density at radius 2 is 2.10 bits per heavy atom. The highest BCUT2D eigenvalue weighted by Crippen LogP contribution is 2.44. The molecule has 2 aromatic heterocycles. The van der Waals surface area contributed by atoms with Crippen molar-refractivity contribution in [3.8, 4) is 6.07 Å². The number of fused-ring (bicyclic) bond motifs is 1. The van der Waals surface area contributed by atoms with E-state index in [1.165, 1.54) is 25.7 Å². The predicted octanol–water partition coefficient (Wildman–Crippen LogP) is 3.46. The second-order valence-corrected chi connectivity index (χ2v) is 6.36. The van der Waals surface area contributed by atoms with Gasteiger partial charge in [0, 0.05) is 17.7 Å². The first-order valence-electron chi connectivity index (χ1n) is 7.40. The molecular formula is C16H20N4. The summed E-state index contributed by atoms with van der Waals surface area (Å²) in [6, 6.07) is 5.82. The minimum absolute atomic E-state index is 0.168. The van der Waals surface area contributed by atoms with Gasteiger partial charge in [0.25, 0.3) is 0 Å². The van der Waals surface area contributed by atoms with Crippen molar-refractivity contribution >= 4 is 5.65 Å². The monoisotopic (exact) mass is 268 g/mol. The zero-order valence-corrected chi connectivity index (χ0v) is 12.1. The fourth-order valence-corrected chi connectivity index (χ4v) is 3.67. The molecule has 0 spiro atoms. The quantitative estimate of drug-likeness (QED) is 0.856. The van der Waals surface area contributed by atoms with Gasteiger partial charge < -0.3 is 0 Å². The van der Waals surface area contributed by atoms with Crippen LogP contribution in [0.2, 0.25) is 0 Å². The number of aromatic nitrogens is 3. The van der Waals surface area contributed by atoms with Gasteiger partial charge in [-0.15, -0.1) is 10.2 Å². The number of pyridine rings is 1. The number of nitrogens with zero attached hydrogens (tertiary/aromatic N) is 4. The molecule has 0 amide bonds. The van der Waals surface area contributed by atoms with E-state index >= 15 is 0 Å². The maximum atomic E-state index is 8.98. The van der Waals surface area contributed by atoms with Gasteiger partial charge in [-0.1, -0.05) is 26.7 Å². The summed E-state index contributed by atoms with van der Waals surface area (Å²) in [5.74, 6) is 1.74. The summed E-state index contributed by atoms with van der Waals surface area (Å²) in [4.78, 5) is 0. The molecule has 3 rings (SSSR count). The summed E-state index contributed by atoms with van der Waals surface area (Å²) in [6.07, 6.45) is 8.06. The van der Waals surface area contributed by atoms with Crippen molar-refractivity contribution in [1.82, 2.24) is 14.6 Å². The van der Waals surface area contributed by atoms with Crippen molar-refractivity contribution in [1.29, 1.82) is 5.26 Å². The van der Waals surface area contributed by atoms with Crippen LogP contribution in [0.5, 0.6) is 0 Å². The molecule has 1 aliphatic carbocycles. The van der Waals surface area contributed by atoms with E-state index in [0.717, 1.165) is 17.9 Å². The highest BCUT2D eigenvalue weighted by molar-refractivity contribution is 5.46. The van der Waals surface area contributed by atoms with Crippen LogP contribution in [0, 0.1) is 17.2 Å². The van der Waals surface area contributed by atoms with Crippen LogP contribution in [-0.2, 0) is 5.41 Å². The lowest BCUT2D eigenvalue weighted by atomic mass is 9.78. The molecule has 4 heteroatoms. The zero-order chi connectivity index (χ0) is 14.2. The molecular weight excluding hydrogens is 248 g/mol. The van der Waals surface area contributed by atoms with Crippen LogP contribution < -0.4 is 0 Å². The van der Waals surface area contributed by atoms with Crippen molar-refractivity contribution in [2.24, 2.45) is 5.92 Å². The van der Waals surface area contributed by atoms with Crippen LogP contribution in [0.25, 0.3) is 5.65 Å². The second-order valence-electron chi connectivity index (χ2n) is 6.36. The normalized spacial score (nSPS) is 17.7. The minimum atomic E-state index is 0.168. The zero-order valence-electron chi connectivity index (χ0n) is 12.1. The van der Waals surface area contributed by atoms with Crippen molar-refractivity contribution in [3.05, 3.63) is 29.7 Å². The molecule has 0 atom stereocenters. The number of hydrogen-bond donors (Lipinski definition) is 0. The summed E-state index contributed by atoms with van der Waals surface area (Å²) in [5.41, 5.74) is 1.59. The van der Waals surface area contributed by atoms with Crippen LogP contribution in [0.3, 0.4) is 0 Å². The number of nitriles is 1. The lowest BCUT2D eigenvalue weighted by molar-refractivity contribution is 0.326. The fraction of sp³-hybridized carbons (Fsp3) is 0.562. The van der Waals surface area contributed by atoms with Crippen molar-refractivity contribution in [3.63, 3.8) is 0 Å². The lowest BCUT2D eigenvalue weighted by Crippen LogP contribution is -2.27. The smallest absolute Gasteiger partial charge is 0.162 e. The molecule has 0 N–H and O–H groups in total. The molecule has 0 aromatic carbocycles.